The topological polar surface area (TPSA) is 117 Å². The molecule has 31 heavy (non-hydrogen) atoms. The first-order valence-electron chi connectivity index (χ1n) is 9.31. The van der Waals surface area contributed by atoms with Crippen LogP contribution in [0.25, 0.3) is 10.9 Å². The largest absolute Gasteiger partial charge is 0.343 e. The van der Waals surface area contributed by atoms with Gasteiger partial charge in [0, 0.05) is 42.7 Å². The van der Waals surface area contributed by atoms with Gasteiger partial charge in [0.05, 0.1) is 30.2 Å². The van der Waals surface area contributed by atoms with E-state index in [1.54, 1.807) is 36.8 Å². The van der Waals surface area contributed by atoms with E-state index in [1.807, 2.05) is 35.0 Å². The Morgan fingerprint density at radius 1 is 1.16 bits per heavy atom. The minimum atomic E-state index is -3.43. The van der Waals surface area contributed by atoms with Gasteiger partial charge >= 0.3 is 0 Å². The zero-order chi connectivity index (χ0) is 22.0. The summed E-state index contributed by atoms with van der Waals surface area (Å²) in [5.74, 6) is 1.02. The summed E-state index contributed by atoms with van der Waals surface area (Å²) >= 11 is 0. The van der Waals surface area contributed by atoms with Gasteiger partial charge in [-0.05, 0) is 24.3 Å². The molecule has 4 heterocycles. The minimum Gasteiger partial charge on any atom is -0.343 e. The van der Waals surface area contributed by atoms with Gasteiger partial charge in [0.2, 0.25) is 10.0 Å². The van der Waals surface area contributed by atoms with Crippen LogP contribution in [-0.2, 0) is 16.6 Å². The van der Waals surface area contributed by atoms with Gasteiger partial charge in [-0.2, -0.15) is 5.26 Å². The van der Waals surface area contributed by atoms with Crippen molar-refractivity contribution in [2.24, 2.45) is 0 Å². The Morgan fingerprint density at radius 2 is 2.00 bits per heavy atom. The Bertz CT molecular complexity index is 1390. The molecule has 4 rings (SSSR count). The number of nitrogens with one attached hydrogen (secondary N) is 1. The fourth-order valence-electron chi connectivity index (χ4n) is 3.15. The van der Waals surface area contributed by atoms with Crippen LogP contribution >= 0.6 is 0 Å². The first-order valence-corrected chi connectivity index (χ1v) is 11.2. The van der Waals surface area contributed by atoms with Gasteiger partial charge in [-0.3, -0.25) is 4.31 Å². The van der Waals surface area contributed by atoms with Gasteiger partial charge in [0.1, 0.15) is 23.4 Å². The molecule has 0 spiro atoms. The number of nitriles is 1. The van der Waals surface area contributed by atoms with Crippen molar-refractivity contribution in [1.82, 2.24) is 19.5 Å². The predicted octanol–water partition coefficient (Wildman–Crippen LogP) is 2.89. The number of hydrogen-bond acceptors (Lipinski definition) is 7. The second-order valence-corrected chi connectivity index (χ2v) is 8.97. The van der Waals surface area contributed by atoms with E-state index in [9.17, 15) is 8.42 Å². The normalized spacial score (nSPS) is 11.3. The number of aromatic nitrogens is 4. The second-order valence-electron chi connectivity index (χ2n) is 6.96. The van der Waals surface area contributed by atoms with Crippen molar-refractivity contribution >= 4 is 38.2 Å². The molecule has 0 bridgehead atoms. The lowest BCUT2D eigenvalue weighted by atomic mass is 10.2. The third-order valence-electron chi connectivity index (χ3n) is 4.81. The van der Waals surface area contributed by atoms with Gasteiger partial charge < -0.3 is 9.88 Å². The van der Waals surface area contributed by atoms with Crippen molar-refractivity contribution in [2.45, 2.75) is 6.54 Å². The van der Waals surface area contributed by atoms with Crippen LogP contribution in [0.3, 0.4) is 0 Å². The Labute approximate surface area is 179 Å². The van der Waals surface area contributed by atoms with Crippen LogP contribution in [0.2, 0.25) is 0 Å². The molecule has 9 nitrogen and oxygen atoms in total. The average molecular weight is 433 g/mol. The molecule has 0 fully saturated rings. The zero-order valence-electron chi connectivity index (χ0n) is 16.9. The molecule has 10 heteroatoms. The third kappa shape index (κ3) is 4.31. The molecule has 0 saturated heterocycles. The Morgan fingerprint density at radius 3 is 2.71 bits per heavy atom. The molecule has 0 saturated carbocycles. The summed E-state index contributed by atoms with van der Waals surface area (Å²) in [7, 11) is -1.94. The minimum absolute atomic E-state index is 0.342. The van der Waals surface area contributed by atoms with Crippen LogP contribution in [0.4, 0.5) is 17.3 Å². The van der Waals surface area contributed by atoms with Crippen LogP contribution in [-0.4, -0.2) is 41.2 Å². The van der Waals surface area contributed by atoms with E-state index in [0.29, 0.717) is 29.6 Å². The molecule has 1 N–H and O–H groups in total. The maximum Gasteiger partial charge on any atom is 0.233 e. The van der Waals surface area contributed by atoms with Crippen molar-refractivity contribution in [3.05, 3.63) is 72.4 Å². The Hall–Kier alpha value is -3.97. The monoisotopic (exact) mass is 433 g/mol. The summed E-state index contributed by atoms with van der Waals surface area (Å²) in [5.41, 5.74) is 2.76. The van der Waals surface area contributed by atoms with E-state index >= 15 is 0 Å². The molecule has 0 aliphatic heterocycles. The summed E-state index contributed by atoms with van der Waals surface area (Å²) in [6.45, 7) is 0.439. The van der Waals surface area contributed by atoms with Crippen molar-refractivity contribution in [3.8, 4) is 6.07 Å². The number of hydrogen-bond donors (Lipinski definition) is 1. The SMILES string of the molecule is CN(c1ncccc1Cn1ccc2cnc(Nc3ccc(C#N)nc3)cc21)S(C)(=O)=O. The second kappa shape index (κ2) is 8.04. The number of rotatable bonds is 6. The molecule has 4 aromatic rings. The Kier molecular flexibility index (Phi) is 5.27. The van der Waals surface area contributed by atoms with Gasteiger partial charge in [0.25, 0.3) is 0 Å². The van der Waals surface area contributed by atoms with E-state index in [1.165, 1.54) is 11.4 Å². The lowest BCUT2D eigenvalue weighted by Gasteiger charge is -2.19. The summed E-state index contributed by atoms with van der Waals surface area (Å²) in [5, 5.41) is 13.0. The zero-order valence-corrected chi connectivity index (χ0v) is 17.7. The predicted molar refractivity (Wildman–Crippen MR) is 119 cm³/mol. The lowest BCUT2D eigenvalue weighted by molar-refractivity contribution is 0.599. The molecule has 0 amide bonds. The van der Waals surface area contributed by atoms with Crippen LogP contribution in [0.5, 0.6) is 0 Å². The molecule has 0 unspecified atom stereocenters. The molecular weight excluding hydrogens is 414 g/mol. The van der Waals surface area contributed by atoms with Crippen molar-refractivity contribution < 1.29 is 8.42 Å². The quantitative estimate of drug-likeness (QED) is 0.497. The standard InChI is InChI=1S/C21H19N7O2S/c1-27(31(2,29)30)21-16(4-3-8-23-21)14-28-9-7-15-12-25-20(10-19(15)28)26-18-6-5-17(11-22)24-13-18/h3-10,12-13H,14H2,1-2H3,(H,25,26). The molecule has 0 radical (unpaired) electrons. The highest BCUT2D eigenvalue weighted by Gasteiger charge is 2.17. The van der Waals surface area contributed by atoms with Crippen LogP contribution < -0.4 is 9.62 Å². The van der Waals surface area contributed by atoms with Gasteiger partial charge in [-0.1, -0.05) is 6.07 Å². The summed E-state index contributed by atoms with van der Waals surface area (Å²) in [6.07, 6.45) is 7.99. The fourth-order valence-corrected chi connectivity index (χ4v) is 3.63. The number of pyridine rings is 3. The molecular formula is C21H19N7O2S. The lowest BCUT2D eigenvalue weighted by Crippen LogP contribution is -2.27. The van der Waals surface area contributed by atoms with Crippen LogP contribution in [0.1, 0.15) is 11.3 Å². The van der Waals surface area contributed by atoms with Gasteiger partial charge in [0.15, 0.2) is 0 Å². The van der Waals surface area contributed by atoms with E-state index in [4.69, 9.17) is 5.26 Å². The maximum atomic E-state index is 12.0. The van der Waals surface area contributed by atoms with Crippen LogP contribution in [0.15, 0.2) is 61.2 Å². The highest BCUT2D eigenvalue weighted by atomic mass is 32.2. The molecule has 4 aromatic heterocycles. The summed E-state index contributed by atoms with van der Waals surface area (Å²) in [6, 6.07) is 12.9. The van der Waals surface area contributed by atoms with Crippen molar-refractivity contribution in [1.29, 1.82) is 5.26 Å². The molecule has 0 aromatic carbocycles. The molecule has 156 valence electrons. The highest BCUT2D eigenvalue weighted by Crippen LogP contribution is 2.24. The number of fused-ring (bicyclic) bond motifs is 1. The highest BCUT2D eigenvalue weighted by molar-refractivity contribution is 7.92. The van der Waals surface area contributed by atoms with Gasteiger partial charge in [-0.15, -0.1) is 0 Å². The summed E-state index contributed by atoms with van der Waals surface area (Å²) < 4.78 is 27.2. The number of nitrogens with zero attached hydrogens (tertiary/aromatic N) is 6. The molecule has 0 aliphatic rings. The van der Waals surface area contributed by atoms with E-state index in [2.05, 4.69) is 20.3 Å². The smallest absolute Gasteiger partial charge is 0.233 e. The van der Waals surface area contributed by atoms with E-state index in [0.717, 1.165) is 22.7 Å². The van der Waals surface area contributed by atoms with Crippen LogP contribution in [0, 0.1) is 11.3 Å². The van der Waals surface area contributed by atoms with Crippen molar-refractivity contribution in [3.63, 3.8) is 0 Å². The summed E-state index contributed by atoms with van der Waals surface area (Å²) in [4.78, 5) is 12.7. The first-order chi connectivity index (χ1) is 14.8. The van der Waals surface area contributed by atoms with Crippen molar-refractivity contribution in [2.75, 3.05) is 22.9 Å². The first kappa shape index (κ1) is 20.3. The maximum absolute atomic E-state index is 12.0. The van der Waals surface area contributed by atoms with E-state index in [-0.39, 0.29) is 0 Å². The number of anilines is 3. The molecule has 0 aliphatic carbocycles. The Balaban J connectivity index is 1.65. The average Bonchev–Trinajstić information content (AvgIpc) is 3.15. The number of sulfonamides is 1. The third-order valence-corrected chi connectivity index (χ3v) is 5.98. The fraction of sp³-hybridized carbons (Fsp3) is 0.143. The molecule has 0 atom stereocenters. The van der Waals surface area contributed by atoms with Gasteiger partial charge in [-0.25, -0.2) is 23.4 Å². The van der Waals surface area contributed by atoms with E-state index < -0.39 is 10.0 Å².